The van der Waals surface area contributed by atoms with Gasteiger partial charge in [0.1, 0.15) is 12.1 Å². The van der Waals surface area contributed by atoms with Crippen molar-refractivity contribution in [3.05, 3.63) is 36.1 Å². The Kier molecular flexibility index (Phi) is 5.52. The third-order valence-electron chi connectivity index (χ3n) is 4.29. The summed E-state index contributed by atoms with van der Waals surface area (Å²) in [6.45, 7) is 0.993. The highest BCUT2D eigenvalue weighted by atomic mass is 16.4. The Morgan fingerprint density at radius 3 is 2.85 bits per heavy atom. The van der Waals surface area contributed by atoms with Crippen LogP contribution in [0.4, 0.5) is 0 Å². The lowest BCUT2D eigenvalue weighted by Gasteiger charge is -2.32. The van der Waals surface area contributed by atoms with E-state index < -0.39 is 5.97 Å². The van der Waals surface area contributed by atoms with Gasteiger partial charge in [0.05, 0.1) is 6.54 Å². The van der Waals surface area contributed by atoms with Crippen molar-refractivity contribution in [3.8, 4) is 0 Å². The molecule has 1 unspecified atom stereocenters. The Balaban J connectivity index is 1.53. The Morgan fingerprint density at radius 1 is 1.27 bits per heavy atom. The van der Waals surface area contributed by atoms with Crippen LogP contribution >= 0.6 is 0 Å². The number of fused-ring (bicyclic) bond motifs is 1. The summed E-state index contributed by atoms with van der Waals surface area (Å²) in [5.74, 6) is -1.42. The van der Waals surface area contributed by atoms with E-state index in [0.717, 1.165) is 24.8 Å². The third-order valence-corrected chi connectivity index (χ3v) is 4.29. The van der Waals surface area contributed by atoms with Gasteiger partial charge in [0.2, 0.25) is 5.91 Å². The van der Waals surface area contributed by atoms with Crippen LogP contribution in [0.2, 0.25) is 0 Å². The quantitative estimate of drug-likeness (QED) is 0.704. The minimum atomic E-state index is -1.08. The second-order valence-electron chi connectivity index (χ2n) is 6.37. The summed E-state index contributed by atoms with van der Waals surface area (Å²) >= 11 is 0. The van der Waals surface area contributed by atoms with E-state index in [1.54, 1.807) is 6.07 Å². The maximum Gasteiger partial charge on any atom is 0.322 e. The molecule has 8 heteroatoms. The van der Waals surface area contributed by atoms with E-state index in [4.69, 9.17) is 9.52 Å². The summed E-state index contributed by atoms with van der Waals surface area (Å²) < 4.78 is 5.57. The minimum absolute atomic E-state index is 0.0864. The largest absolute Gasteiger partial charge is 0.480 e. The van der Waals surface area contributed by atoms with Gasteiger partial charge >= 0.3 is 5.97 Å². The molecule has 1 aliphatic heterocycles. The smallest absolute Gasteiger partial charge is 0.322 e. The van der Waals surface area contributed by atoms with Crippen LogP contribution in [-0.4, -0.2) is 60.0 Å². The highest BCUT2D eigenvalue weighted by Gasteiger charge is 2.24. The number of carboxylic acid groups (broad SMARTS) is 1. The lowest BCUT2D eigenvalue weighted by Crippen LogP contribution is -2.50. The number of nitrogens with zero attached hydrogens (tertiary/aromatic N) is 1. The fourth-order valence-corrected chi connectivity index (χ4v) is 3.10. The van der Waals surface area contributed by atoms with Crippen molar-refractivity contribution < 1.29 is 23.9 Å². The summed E-state index contributed by atoms with van der Waals surface area (Å²) in [5.41, 5.74) is 0.665. The monoisotopic (exact) mass is 359 g/mol. The summed E-state index contributed by atoms with van der Waals surface area (Å²) in [7, 11) is 0. The van der Waals surface area contributed by atoms with Crippen LogP contribution in [-0.2, 0) is 9.59 Å². The molecule has 1 aliphatic rings. The lowest BCUT2D eigenvalue weighted by molar-refractivity contribution is -0.138. The van der Waals surface area contributed by atoms with Gasteiger partial charge in [0.25, 0.3) is 5.91 Å². The van der Waals surface area contributed by atoms with E-state index in [1.165, 1.54) is 0 Å². The Hall–Kier alpha value is -2.87. The van der Waals surface area contributed by atoms with Crippen LogP contribution in [0.1, 0.15) is 23.4 Å². The number of piperidine rings is 1. The molecule has 3 rings (SSSR count). The molecule has 1 fully saturated rings. The molecule has 2 aromatic rings. The van der Waals surface area contributed by atoms with Gasteiger partial charge in [-0.2, -0.15) is 0 Å². The van der Waals surface area contributed by atoms with Gasteiger partial charge in [0.15, 0.2) is 5.76 Å². The molecule has 0 radical (unpaired) electrons. The molecule has 1 atom stereocenters. The number of carbonyl (C=O) groups excluding carboxylic acids is 2. The predicted octanol–water partition coefficient (Wildman–Crippen LogP) is 0.828. The van der Waals surface area contributed by atoms with Gasteiger partial charge in [-0.15, -0.1) is 0 Å². The van der Waals surface area contributed by atoms with Gasteiger partial charge in [-0.3, -0.25) is 19.3 Å². The van der Waals surface area contributed by atoms with Crippen LogP contribution in [0.3, 0.4) is 0 Å². The van der Waals surface area contributed by atoms with Gasteiger partial charge in [-0.05, 0) is 31.5 Å². The molecule has 0 spiro atoms. The number of benzene rings is 1. The molecular formula is C18H21N3O5. The van der Waals surface area contributed by atoms with Crippen molar-refractivity contribution in [2.24, 2.45) is 0 Å². The van der Waals surface area contributed by atoms with Gasteiger partial charge in [0, 0.05) is 18.0 Å². The molecule has 1 aromatic heterocycles. The molecular weight excluding hydrogens is 338 g/mol. The van der Waals surface area contributed by atoms with Crippen molar-refractivity contribution in [3.63, 3.8) is 0 Å². The van der Waals surface area contributed by atoms with Crippen molar-refractivity contribution in [2.75, 3.05) is 26.2 Å². The van der Waals surface area contributed by atoms with Crippen LogP contribution in [0.5, 0.6) is 0 Å². The van der Waals surface area contributed by atoms with Crippen LogP contribution in [0, 0.1) is 0 Å². The number of likely N-dealkylation sites (tertiary alicyclic amines) is 1. The molecule has 2 amide bonds. The number of rotatable bonds is 6. The standard InChI is InChI=1S/C18H21N3O5/c22-16(19-9-17(23)24)11-21-7-3-5-13(10-21)20-18(25)15-8-12-4-1-2-6-14(12)26-15/h1-2,4,6,8,13H,3,5,7,9-11H2,(H,19,22)(H,20,25)(H,23,24). The van der Waals surface area contributed by atoms with E-state index in [1.807, 2.05) is 29.2 Å². The number of carboxylic acids is 1. The number of nitrogens with one attached hydrogen (secondary N) is 2. The predicted molar refractivity (Wildman–Crippen MR) is 93.8 cm³/mol. The average Bonchev–Trinajstić information content (AvgIpc) is 3.04. The maximum atomic E-state index is 12.4. The highest BCUT2D eigenvalue weighted by Crippen LogP contribution is 2.19. The summed E-state index contributed by atoms with van der Waals surface area (Å²) in [6.07, 6.45) is 1.66. The number of para-hydroxylation sites is 1. The second kappa shape index (κ2) is 8.01. The molecule has 2 heterocycles. The van der Waals surface area contributed by atoms with E-state index in [9.17, 15) is 14.4 Å². The zero-order valence-electron chi connectivity index (χ0n) is 14.2. The van der Waals surface area contributed by atoms with Crippen LogP contribution in [0.25, 0.3) is 11.0 Å². The first-order valence-electron chi connectivity index (χ1n) is 8.51. The lowest BCUT2D eigenvalue weighted by atomic mass is 10.1. The van der Waals surface area contributed by atoms with Gasteiger partial charge in [-0.1, -0.05) is 18.2 Å². The third kappa shape index (κ3) is 4.60. The Morgan fingerprint density at radius 2 is 2.08 bits per heavy atom. The van der Waals surface area contributed by atoms with E-state index in [2.05, 4.69) is 10.6 Å². The van der Waals surface area contributed by atoms with Crippen molar-refractivity contribution in [1.29, 1.82) is 0 Å². The molecule has 3 N–H and O–H groups in total. The minimum Gasteiger partial charge on any atom is -0.480 e. The molecule has 0 aliphatic carbocycles. The van der Waals surface area contributed by atoms with Crippen LogP contribution in [0.15, 0.2) is 34.7 Å². The molecule has 8 nitrogen and oxygen atoms in total. The first kappa shape index (κ1) is 17.9. The topological polar surface area (TPSA) is 112 Å². The highest BCUT2D eigenvalue weighted by molar-refractivity contribution is 5.96. The summed E-state index contributed by atoms with van der Waals surface area (Å²) in [5, 5.41) is 14.8. The number of furan rings is 1. The molecule has 0 saturated carbocycles. The zero-order valence-corrected chi connectivity index (χ0v) is 14.2. The Bertz CT molecular complexity index is 783. The maximum absolute atomic E-state index is 12.4. The molecule has 138 valence electrons. The number of amides is 2. The molecule has 0 bridgehead atoms. The number of carbonyl (C=O) groups is 3. The molecule has 1 aromatic carbocycles. The summed E-state index contributed by atoms with van der Waals surface area (Å²) in [4.78, 5) is 36.6. The molecule has 26 heavy (non-hydrogen) atoms. The van der Waals surface area contributed by atoms with Crippen molar-refractivity contribution >= 4 is 28.8 Å². The van der Waals surface area contributed by atoms with E-state index in [-0.39, 0.29) is 36.7 Å². The SMILES string of the molecule is O=C(O)CNC(=O)CN1CCCC(NC(=O)c2cc3ccccc3o2)C1. The first-order chi connectivity index (χ1) is 12.5. The van der Waals surface area contributed by atoms with Gasteiger partial charge < -0.3 is 20.2 Å². The fraction of sp³-hybridized carbons (Fsp3) is 0.389. The Labute approximate surface area is 150 Å². The summed E-state index contributed by atoms with van der Waals surface area (Å²) in [6, 6.07) is 9.05. The number of hydrogen-bond donors (Lipinski definition) is 3. The number of aliphatic carboxylic acids is 1. The average molecular weight is 359 g/mol. The van der Waals surface area contributed by atoms with Crippen molar-refractivity contribution in [1.82, 2.24) is 15.5 Å². The van der Waals surface area contributed by atoms with E-state index in [0.29, 0.717) is 12.1 Å². The molecule has 1 saturated heterocycles. The number of hydrogen-bond acceptors (Lipinski definition) is 5. The fourth-order valence-electron chi connectivity index (χ4n) is 3.10. The zero-order chi connectivity index (χ0) is 18.5. The van der Waals surface area contributed by atoms with Gasteiger partial charge in [-0.25, -0.2) is 0 Å². The van der Waals surface area contributed by atoms with Crippen molar-refractivity contribution in [2.45, 2.75) is 18.9 Å². The first-order valence-corrected chi connectivity index (χ1v) is 8.51. The normalized spacial score (nSPS) is 17.8. The van der Waals surface area contributed by atoms with Crippen LogP contribution < -0.4 is 10.6 Å². The van der Waals surface area contributed by atoms with E-state index >= 15 is 0 Å². The second-order valence-corrected chi connectivity index (χ2v) is 6.37.